The van der Waals surface area contributed by atoms with Crippen molar-refractivity contribution in [3.63, 3.8) is 0 Å². The summed E-state index contributed by atoms with van der Waals surface area (Å²) in [4.78, 5) is 25.3. The third-order valence-corrected chi connectivity index (χ3v) is 3.73. The van der Waals surface area contributed by atoms with Crippen LogP contribution < -0.4 is 0 Å². The minimum absolute atomic E-state index is 0.254. The molecule has 23 heavy (non-hydrogen) atoms. The number of carbonyl (C=O) groups is 2. The molecule has 6 nitrogen and oxygen atoms in total. The average molecular weight is 336 g/mol. The van der Waals surface area contributed by atoms with E-state index in [2.05, 4.69) is 9.84 Å². The van der Waals surface area contributed by atoms with Crippen molar-refractivity contribution in [1.29, 1.82) is 0 Å². The first-order chi connectivity index (χ1) is 10.9. The van der Waals surface area contributed by atoms with Crippen molar-refractivity contribution >= 4 is 23.5 Å². The molecule has 0 radical (unpaired) electrons. The summed E-state index contributed by atoms with van der Waals surface area (Å²) in [6, 6.07) is 8.85. The minimum atomic E-state index is -0.403. The van der Waals surface area contributed by atoms with Crippen molar-refractivity contribution < 1.29 is 14.3 Å². The van der Waals surface area contributed by atoms with Crippen molar-refractivity contribution in [2.45, 2.75) is 6.92 Å². The van der Waals surface area contributed by atoms with Gasteiger partial charge in [-0.25, -0.2) is 4.68 Å². The highest BCUT2D eigenvalue weighted by Crippen LogP contribution is 2.19. The van der Waals surface area contributed by atoms with Gasteiger partial charge in [0.05, 0.1) is 23.7 Å². The molecule has 0 N–H and O–H groups in total. The summed E-state index contributed by atoms with van der Waals surface area (Å²) in [6.45, 7) is 1.96. The van der Waals surface area contributed by atoms with Gasteiger partial charge in [-0.1, -0.05) is 30.7 Å². The summed E-state index contributed by atoms with van der Waals surface area (Å²) >= 11 is 6.12. The van der Waals surface area contributed by atoms with Crippen LogP contribution in [0.2, 0.25) is 5.02 Å². The molecule has 1 amide bonds. The van der Waals surface area contributed by atoms with Crippen LogP contribution in [0.1, 0.15) is 17.4 Å². The smallest absolute Gasteiger partial charge is 0.310 e. The molecule has 1 atom stereocenters. The molecule has 1 aromatic carbocycles. The summed E-state index contributed by atoms with van der Waals surface area (Å²) in [5.41, 5.74) is 0.975. The molecule has 0 fully saturated rings. The summed E-state index contributed by atoms with van der Waals surface area (Å²) in [5, 5.41) is 4.80. The van der Waals surface area contributed by atoms with E-state index in [-0.39, 0.29) is 24.1 Å². The molecule has 1 unspecified atom stereocenters. The maximum atomic E-state index is 12.4. The lowest BCUT2D eigenvalue weighted by molar-refractivity contribution is -0.145. The molecule has 0 aliphatic carbocycles. The predicted molar refractivity (Wildman–Crippen MR) is 86.7 cm³/mol. The molecule has 1 aromatic heterocycles. The Bertz CT molecular complexity index is 714. The standard InChI is InChI=1S/C16H18ClN3O3/c1-11(16(22)23-3)10-19(2)15(21)13-8-9-20(18-13)14-7-5-4-6-12(14)17/h4-9,11H,10H2,1-3H3. The van der Waals surface area contributed by atoms with Gasteiger partial charge >= 0.3 is 5.97 Å². The second-order valence-electron chi connectivity index (χ2n) is 5.21. The summed E-state index contributed by atoms with van der Waals surface area (Å²) in [7, 11) is 2.95. The molecule has 0 spiro atoms. The van der Waals surface area contributed by atoms with E-state index in [1.807, 2.05) is 18.2 Å². The van der Waals surface area contributed by atoms with Crippen LogP contribution in [0.5, 0.6) is 0 Å². The molecule has 0 saturated carbocycles. The zero-order chi connectivity index (χ0) is 17.0. The zero-order valence-electron chi connectivity index (χ0n) is 13.2. The number of ether oxygens (including phenoxy) is 1. The Morgan fingerprint density at radius 3 is 2.70 bits per heavy atom. The fraction of sp³-hybridized carbons (Fsp3) is 0.312. The van der Waals surface area contributed by atoms with Gasteiger partial charge < -0.3 is 9.64 Å². The number of nitrogens with zero attached hydrogens (tertiary/aromatic N) is 3. The third kappa shape index (κ3) is 3.90. The number of methoxy groups -OCH3 is 1. The highest BCUT2D eigenvalue weighted by Gasteiger charge is 2.21. The second-order valence-corrected chi connectivity index (χ2v) is 5.61. The first-order valence-electron chi connectivity index (χ1n) is 7.08. The van der Waals surface area contributed by atoms with Gasteiger partial charge in [0.15, 0.2) is 5.69 Å². The van der Waals surface area contributed by atoms with Gasteiger partial charge in [0.25, 0.3) is 5.91 Å². The SMILES string of the molecule is COC(=O)C(C)CN(C)C(=O)c1ccn(-c2ccccc2Cl)n1. The fourth-order valence-corrected chi connectivity index (χ4v) is 2.40. The topological polar surface area (TPSA) is 64.4 Å². The molecular weight excluding hydrogens is 318 g/mol. The number of benzene rings is 1. The van der Waals surface area contributed by atoms with Gasteiger partial charge in [0.2, 0.25) is 0 Å². The number of rotatable bonds is 5. The van der Waals surface area contributed by atoms with Crippen LogP contribution in [0.3, 0.4) is 0 Å². The highest BCUT2D eigenvalue weighted by atomic mass is 35.5. The van der Waals surface area contributed by atoms with E-state index >= 15 is 0 Å². The van der Waals surface area contributed by atoms with E-state index in [0.717, 1.165) is 0 Å². The normalized spacial score (nSPS) is 11.8. The number of esters is 1. The Hall–Kier alpha value is -2.34. The molecule has 0 saturated heterocycles. The molecule has 122 valence electrons. The van der Waals surface area contributed by atoms with Gasteiger partial charge in [-0.05, 0) is 18.2 Å². The second kappa shape index (κ2) is 7.28. The molecule has 0 aliphatic heterocycles. The van der Waals surface area contributed by atoms with E-state index in [1.54, 1.807) is 37.0 Å². The van der Waals surface area contributed by atoms with E-state index in [4.69, 9.17) is 11.6 Å². The van der Waals surface area contributed by atoms with Gasteiger partial charge in [-0.2, -0.15) is 5.10 Å². The number of halogens is 1. The number of hydrogen-bond acceptors (Lipinski definition) is 4. The summed E-state index contributed by atoms with van der Waals surface area (Å²) in [5.74, 6) is -1.03. The Morgan fingerprint density at radius 2 is 2.04 bits per heavy atom. The number of para-hydroxylation sites is 1. The van der Waals surface area contributed by atoms with Gasteiger partial charge in [0.1, 0.15) is 0 Å². The van der Waals surface area contributed by atoms with Gasteiger partial charge in [-0.15, -0.1) is 0 Å². The van der Waals surface area contributed by atoms with E-state index < -0.39 is 5.92 Å². The molecule has 2 rings (SSSR count). The van der Waals surface area contributed by atoms with Gasteiger partial charge in [-0.3, -0.25) is 9.59 Å². The van der Waals surface area contributed by atoms with Crippen LogP contribution in [0.25, 0.3) is 5.69 Å². The Morgan fingerprint density at radius 1 is 1.35 bits per heavy atom. The predicted octanol–water partition coefficient (Wildman–Crippen LogP) is 2.41. The van der Waals surface area contributed by atoms with Crippen LogP contribution in [-0.2, 0) is 9.53 Å². The van der Waals surface area contributed by atoms with Crippen molar-refractivity contribution in [3.05, 3.63) is 47.2 Å². The Balaban J connectivity index is 2.12. The first-order valence-corrected chi connectivity index (χ1v) is 7.45. The van der Waals surface area contributed by atoms with Crippen molar-refractivity contribution in [2.24, 2.45) is 5.92 Å². The van der Waals surface area contributed by atoms with Gasteiger partial charge in [0, 0.05) is 19.8 Å². The van der Waals surface area contributed by atoms with E-state index in [0.29, 0.717) is 10.7 Å². The van der Waals surface area contributed by atoms with Crippen LogP contribution in [0, 0.1) is 5.92 Å². The maximum absolute atomic E-state index is 12.4. The van der Waals surface area contributed by atoms with Crippen molar-refractivity contribution in [1.82, 2.24) is 14.7 Å². The van der Waals surface area contributed by atoms with Crippen LogP contribution in [0.15, 0.2) is 36.5 Å². The van der Waals surface area contributed by atoms with E-state index in [9.17, 15) is 9.59 Å². The lowest BCUT2D eigenvalue weighted by atomic mass is 10.1. The van der Waals surface area contributed by atoms with Crippen molar-refractivity contribution in [3.8, 4) is 5.69 Å². The summed E-state index contributed by atoms with van der Waals surface area (Å²) < 4.78 is 6.21. The molecule has 0 aliphatic rings. The fourth-order valence-electron chi connectivity index (χ4n) is 2.17. The lowest BCUT2D eigenvalue weighted by Gasteiger charge is -2.19. The summed E-state index contributed by atoms with van der Waals surface area (Å²) in [6.07, 6.45) is 1.67. The average Bonchev–Trinajstić information content (AvgIpc) is 3.03. The van der Waals surface area contributed by atoms with Crippen LogP contribution in [-0.4, -0.2) is 47.3 Å². The van der Waals surface area contributed by atoms with Crippen LogP contribution in [0.4, 0.5) is 0 Å². The van der Waals surface area contributed by atoms with Crippen molar-refractivity contribution in [2.75, 3.05) is 20.7 Å². The number of carbonyl (C=O) groups excluding carboxylic acids is 2. The number of amides is 1. The zero-order valence-corrected chi connectivity index (χ0v) is 13.9. The molecule has 2 aromatic rings. The number of aromatic nitrogens is 2. The lowest BCUT2D eigenvalue weighted by Crippen LogP contribution is -2.34. The third-order valence-electron chi connectivity index (χ3n) is 3.41. The highest BCUT2D eigenvalue weighted by molar-refractivity contribution is 6.32. The van der Waals surface area contributed by atoms with Crippen LogP contribution >= 0.6 is 11.6 Å². The number of hydrogen-bond donors (Lipinski definition) is 0. The maximum Gasteiger partial charge on any atom is 0.310 e. The van der Waals surface area contributed by atoms with E-state index in [1.165, 1.54) is 12.0 Å². The quantitative estimate of drug-likeness (QED) is 0.787. The monoisotopic (exact) mass is 335 g/mol. The first kappa shape index (κ1) is 17.0. The largest absolute Gasteiger partial charge is 0.469 e. The minimum Gasteiger partial charge on any atom is -0.469 e. The Labute approximate surface area is 139 Å². The Kier molecular flexibility index (Phi) is 5.39. The molecular formula is C16H18ClN3O3. The molecule has 0 bridgehead atoms. The molecule has 7 heteroatoms. The molecule has 1 heterocycles.